The Kier molecular flexibility index (Phi) is 6.81. The third-order valence-electron chi connectivity index (χ3n) is 4.57. The van der Waals surface area contributed by atoms with Gasteiger partial charge in [-0.15, -0.1) is 10.2 Å². The van der Waals surface area contributed by atoms with Gasteiger partial charge in [0.15, 0.2) is 11.8 Å². The molecule has 1 N–H and O–H groups in total. The Hall–Kier alpha value is -2.67. The third kappa shape index (κ3) is 5.19. The molecule has 3 aromatic rings. The van der Waals surface area contributed by atoms with E-state index in [0.717, 1.165) is 28.6 Å². The first kappa shape index (κ1) is 20.1. The molecule has 0 fully saturated rings. The number of aliphatic imine (C=N–C) groups is 1. The van der Waals surface area contributed by atoms with Gasteiger partial charge in [0.25, 0.3) is 0 Å². The molecule has 0 radical (unpaired) electrons. The maximum Gasteiger partial charge on any atom is 0.194 e. The van der Waals surface area contributed by atoms with Crippen LogP contribution in [0.3, 0.4) is 0 Å². The summed E-state index contributed by atoms with van der Waals surface area (Å²) in [7, 11) is 4.01. The number of halogens is 1. The van der Waals surface area contributed by atoms with E-state index in [-0.39, 0.29) is 0 Å². The highest BCUT2D eigenvalue weighted by molar-refractivity contribution is 9.10. The minimum Gasteiger partial charge on any atom is -0.349 e. The number of guanidine groups is 1. The number of hydrogen-bond acceptors (Lipinski definition) is 3. The van der Waals surface area contributed by atoms with Crippen molar-refractivity contribution in [1.29, 1.82) is 0 Å². The van der Waals surface area contributed by atoms with Gasteiger partial charge in [0.05, 0.1) is 13.1 Å². The first-order chi connectivity index (χ1) is 13.5. The molecule has 0 saturated heterocycles. The van der Waals surface area contributed by atoms with E-state index in [4.69, 9.17) is 4.99 Å². The summed E-state index contributed by atoms with van der Waals surface area (Å²) in [5.41, 5.74) is 2.37. The van der Waals surface area contributed by atoms with Crippen molar-refractivity contribution in [3.63, 3.8) is 0 Å². The molecule has 0 saturated carbocycles. The summed E-state index contributed by atoms with van der Waals surface area (Å²) in [5, 5.41) is 11.8. The van der Waals surface area contributed by atoms with Crippen LogP contribution in [0, 0.1) is 6.92 Å². The van der Waals surface area contributed by atoms with E-state index in [9.17, 15) is 0 Å². The van der Waals surface area contributed by atoms with Gasteiger partial charge in [-0.3, -0.25) is 0 Å². The molecule has 0 atom stereocenters. The highest BCUT2D eigenvalue weighted by Gasteiger charge is 2.11. The lowest BCUT2D eigenvalue weighted by Crippen LogP contribution is -2.38. The Labute approximate surface area is 174 Å². The van der Waals surface area contributed by atoms with Crippen LogP contribution in [0.25, 0.3) is 0 Å². The van der Waals surface area contributed by atoms with Gasteiger partial charge in [-0.25, -0.2) is 4.99 Å². The molecule has 1 heterocycles. The van der Waals surface area contributed by atoms with Crippen LogP contribution < -0.4 is 5.32 Å². The molecular formula is C21H25BrN6. The smallest absolute Gasteiger partial charge is 0.194 e. The van der Waals surface area contributed by atoms with Gasteiger partial charge in [-0.1, -0.05) is 64.5 Å². The lowest BCUT2D eigenvalue weighted by Gasteiger charge is -2.23. The topological polar surface area (TPSA) is 58.3 Å². The minimum absolute atomic E-state index is 0.561. The standard InChI is InChI=1S/C21H25BrN6/c1-16-25-26-20(28(16)3)14-24-21(23-13-17-9-5-4-6-10-17)27(2)15-18-11-7-8-12-19(18)22/h4-12H,13-15H2,1-3H3,(H,23,24). The van der Waals surface area contributed by atoms with Crippen LogP contribution in [-0.4, -0.2) is 32.7 Å². The van der Waals surface area contributed by atoms with E-state index < -0.39 is 0 Å². The Morgan fingerprint density at radius 3 is 2.50 bits per heavy atom. The summed E-state index contributed by atoms with van der Waals surface area (Å²) in [6.45, 7) is 3.85. The van der Waals surface area contributed by atoms with Crippen LogP contribution in [0.2, 0.25) is 0 Å². The van der Waals surface area contributed by atoms with Crippen LogP contribution in [0.5, 0.6) is 0 Å². The quantitative estimate of drug-likeness (QED) is 0.469. The van der Waals surface area contributed by atoms with Crippen molar-refractivity contribution in [3.8, 4) is 0 Å². The summed E-state index contributed by atoms with van der Waals surface area (Å²) in [6, 6.07) is 18.5. The van der Waals surface area contributed by atoms with E-state index in [0.29, 0.717) is 13.1 Å². The SMILES string of the molecule is Cc1nnc(CNC(=NCc2ccccc2)N(C)Cc2ccccc2Br)n1C. The van der Waals surface area contributed by atoms with Crippen molar-refractivity contribution in [1.82, 2.24) is 25.0 Å². The summed E-state index contributed by atoms with van der Waals surface area (Å²) in [6.07, 6.45) is 0. The summed E-state index contributed by atoms with van der Waals surface area (Å²) in [5.74, 6) is 2.58. The van der Waals surface area contributed by atoms with Gasteiger partial charge >= 0.3 is 0 Å². The van der Waals surface area contributed by atoms with Gasteiger partial charge in [0, 0.05) is 25.1 Å². The molecule has 6 nitrogen and oxygen atoms in total. The van der Waals surface area contributed by atoms with Crippen LogP contribution in [0.1, 0.15) is 22.8 Å². The maximum absolute atomic E-state index is 4.83. The zero-order valence-corrected chi connectivity index (χ0v) is 18.0. The van der Waals surface area contributed by atoms with Gasteiger partial charge in [0.2, 0.25) is 0 Å². The summed E-state index contributed by atoms with van der Waals surface area (Å²) >= 11 is 3.63. The third-order valence-corrected chi connectivity index (χ3v) is 5.34. The average Bonchev–Trinajstić information content (AvgIpc) is 3.02. The molecule has 7 heteroatoms. The lowest BCUT2D eigenvalue weighted by molar-refractivity contribution is 0.471. The Balaban J connectivity index is 1.76. The Morgan fingerprint density at radius 2 is 1.82 bits per heavy atom. The number of aromatic nitrogens is 3. The summed E-state index contributed by atoms with van der Waals surface area (Å²) < 4.78 is 3.07. The van der Waals surface area contributed by atoms with Gasteiger partial charge in [0.1, 0.15) is 5.82 Å². The molecule has 0 aliphatic heterocycles. The molecule has 3 rings (SSSR count). The molecule has 146 valence electrons. The number of nitrogens with one attached hydrogen (secondary N) is 1. The molecule has 0 unspecified atom stereocenters. The van der Waals surface area contributed by atoms with Crippen LogP contribution >= 0.6 is 15.9 Å². The van der Waals surface area contributed by atoms with Crippen molar-refractivity contribution in [2.45, 2.75) is 26.6 Å². The Bertz CT molecular complexity index is 935. The first-order valence-corrected chi connectivity index (χ1v) is 9.95. The van der Waals surface area contributed by atoms with Crippen LogP contribution in [-0.2, 0) is 26.7 Å². The van der Waals surface area contributed by atoms with E-state index in [1.165, 1.54) is 11.1 Å². The first-order valence-electron chi connectivity index (χ1n) is 9.16. The fourth-order valence-electron chi connectivity index (χ4n) is 2.78. The van der Waals surface area contributed by atoms with Gasteiger partial charge in [-0.05, 0) is 24.1 Å². The highest BCUT2D eigenvalue weighted by Crippen LogP contribution is 2.17. The van der Waals surface area contributed by atoms with Crippen LogP contribution in [0.15, 0.2) is 64.1 Å². The minimum atomic E-state index is 0.561. The molecule has 0 aliphatic carbocycles. The van der Waals surface area contributed by atoms with Gasteiger partial charge in [-0.2, -0.15) is 0 Å². The lowest BCUT2D eigenvalue weighted by atomic mass is 10.2. The van der Waals surface area contributed by atoms with Crippen molar-refractivity contribution < 1.29 is 0 Å². The fourth-order valence-corrected chi connectivity index (χ4v) is 3.19. The maximum atomic E-state index is 4.83. The highest BCUT2D eigenvalue weighted by atomic mass is 79.9. The number of hydrogen-bond donors (Lipinski definition) is 1. The average molecular weight is 441 g/mol. The largest absolute Gasteiger partial charge is 0.349 e. The van der Waals surface area contributed by atoms with Crippen molar-refractivity contribution >= 4 is 21.9 Å². The number of benzene rings is 2. The molecule has 28 heavy (non-hydrogen) atoms. The molecule has 0 aliphatic rings. The zero-order valence-electron chi connectivity index (χ0n) is 16.4. The second kappa shape index (κ2) is 9.50. The van der Waals surface area contributed by atoms with Gasteiger partial charge < -0.3 is 14.8 Å². The number of aryl methyl sites for hydroxylation is 1. The molecule has 0 amide bonds. The van der Waals surface area contributed by atoms with Crippen LogP contribution in [0.4, 0.5) is 0 Å². The molecule has 2 aromatic carbocycles. The Morgan fingerprint density at radius 1 is 1.11 bits per heavy atom. The monoisotopic (exact) mass is 440 g/mol. The number of nitrogens with zero attached hydrogens (tertiary/aromatic N) is 5. The molecule has 0 spiro atoms. The van der Waals surface area contributed by atoms with E-state index in [1.54, 1.807) is 0 Å². The predicted molar refractivity (Wildman–Crippen MR) is 116 cm³/mol. The van der Waals surface area contributed by atoms with Crippen molar-refractivity contribution in [3.05, 3.63) is 81.8 Å². The van der Waals surface area contributed by atoms with E-state index >= 15 is 0 Å². The van der Waals surface area contributed by atoms with Crippen molar-refractivity contribution in [2.24, 2.45) is 12.0 Å². The second-order valence-corrected chi connectivity index (χ2v) is 7.50. The predicted octanol–water partition coefficient (Wildman–Crippen LogP) is 3.66. The fraction of sp³-hybridized carbons (Fsp3) is 0.286. The second-order valence-electron chi connectivity index (χ2n) is 6.65. The molecular weight excluding hydrogens is 416 g/mol. The molecule has 1 aromatic heterocycles. The summed E-state index contributed by atoms with van der Waals surface area (Å²) in [4.78, 5) is 6.95. The van der Waals surface area contributed by atoms with E-state index in [1.807, 2.05) is 55.9 Å². The van der Waals surface area contributed by atoms with Crippen molar-refractivity contribution in [2.75, 3.05) is 7.05 Å². The number of rotatable bonds is 6. The van der Waals surface area contributed by atoms with E-state index in [2.05, 4.69) is 60.6 Å². The zero-order chi connectivity index (χ0) is 19.9. The molecule has 0 bridgehead atoms. The normalized spacial score (nSPS) is 11.5.